The average Bonchev–Trinajstić information content (AvgIpc) is 2.47. The van der Waals surface area contributed by atoms with Gasteiger partial charge in [0.25, 0.3) is 0 Å². The van der Waals surface area contributed by atoms with Crippen molar-refractivity contribution in [3.8, 4) is 11.5 Å². The van der Waals surface area contributed by atoms with Crippen LogP contribution in [0.4, 0.5) is 5.69 Å². The van der Waals surface area contributed by atoms with Crippen LogP contribution in [0, 0.1) is 6.92 Å². The summed E-state index contributed by atoms with van der Waals surface area (Å²) in [5.41, 5.74) is 11.3. The monoisotopic (exact) mass is 309 g/mol. The number of aromatic hydroxyl groups is 2. The van der Waals surface area contributed by atoms with E-state index in [9.17, 15) is 10.2 Å². The molecular weight excluding hydrogens is 286 g/mol. The summed E-state index contributed by atoms with van der Waals surface area (Å²) in [6.07, 6.45) is 6.85. The summed E-state index contributed by atoms with van der Waals surface area (Å²) < 4.78 is 0. The molecule has 2 aromatic carbocycles. The minimum absolute atomic E-state index is 0.0732. The minimum Gasteiger partial charge on any atom is -0.508 e. The van der Waals surface area contributed by atoms with Crippen molar-refractivity contribution in [3.63, 3.8) is 0 Å². The Bertz CT molecular complexity index is 769. The summed E-state index contributed by atoms with van der Waals surface area (Å²) in [5.74, 6) is 0.326. The molecule has 0 atom stereocenters. The van der Waals surface area contributed by atoms with E-state index in [-0.39, 0.29) is 11.5 Å². The lowest BCUT2D eigenvalue weighted by Gasteiger charge is -2.10. The Balaban J connectivity index is 2.39. The number of benzene rings is 2. The van der Waals surface area contributed by atoms with Gasteiger partial charge < -0.3 is 15.9 Å². The van der Waals surface area contributed by atoms with Crippen LogP contribution in [-0.2, 0) is 6.42 Å². The van der Waals surface area contributed by atoms with Crippen molar-refractivity contribution >= 4 is 17.8 Å². The maximum atomic E-state index is 9.87. The molecule has 0 aromatic heterocycles. The van der Waals surface area contributed by atoms with Crippen LogP contribution in [0.3, 0.4) is 0 Å². The van der Waals surface area contributed by atoms with Crippen molar-refractivity contribution in [2.75, 3.05) is 5.73 Å². The van der Waals surface area contributed by atoms with Gasteiger partial charge in [0.2, 0.25) is 0 Å². The Labute approximate surface area is 137 Å². The van der Waals surface area contributed by atoms with Crippen molar-refractivity contribution < 1.29 is 10.2 Å². The second-order valence-electron chi connectivity index (χ2n) is 5.97. The van der Waals surface area contributed by atoms with E-state index in [0.717, 1.165) is 23.1 Å². The average molecular weight is 309 g/mol. The maximum absolute atomic E-state index is 9.87. The molecule has 0 saturated carbocycles. The van der Waals surface area contributed by atoms with E-state index >= 15 is 0 Å². The van der Waals surface area contributed by atoms with Crippen LogP contribution in [0.25, 0.3) is 12.2 Å². The topological polar surface area (TPSA) is 66.5 Å². The third-order valence-corrected chi connectivity index (χ3v) is 3.72. The van der Waals surface area contributed by atoms with Crippen LogP contribution in [0.15, 0.2) is 42.0 Å². The van der Waals surface area contributed by atoms with Gasteiger partial charge in [0.1, 0.15) is 11.5 Å². The first kappa shape index (κ1) is 16.7. The highest BCUT2D eigenvalue weighted by molar-refractivity contribution is 5.74. The van der Waals surface area contributed by atoms with Gasteiger partial charge in [-0.3, -0.25) is 0 Å². The third-order valence-electron chi connectivity index (χ3n) is 3.72. The predicted molar refractivity (Wildman–Crippen MR) is 97.4 cm³/mol. The maximum Gasteiger partial charge on any atom is 0.139 e. The second kappa shape index (κ2) is 7.05. The first-order valence-corrected chi connectivity index (χ1v) is 7.59. The molecule has 0 aliphatic rings. The fourth-order valence-corrected chi connectivity index (χ4v) is 2.41. The lowest BCUT2D eigenvalue weighted by Crippen LogP contribution is -1.93. The van der Waals surface area contributed by atoms with E-state index in [1.807, 2.05) is 25.1 Å². The van der Waals surface area contributed by atoms with Crippen LogP contribution < -0.4 is 5.73 Å². The first-order chi connectivity index (χ1) is 10.9. The highest BCUT2D eigenvalue weighted by atomic mass is 16.3. The summed E-state index contributed by atoms with van der Waals surface area (Å²) in [6.45, 7) is 6.14. The lowest BCUT2D eigenvalue weighted by atomic mass is 9.96. The summed E-state index contributed by atoms with van der Waals surface area (Å²) in [6, 6.07) is 8.68. The summed E-state index contributed by atoms with van der Waals surface area (Å²) in [5, 5.41) is 19.5. The fraction of sp³-hybridized carbons (Fsp3) is 0.200. The fourth-order valence-electron chi connectivity index (χ4n) is 2.41. The third kappa shape index (κ3) is 4.39. The van der Waals surface area contributed by atoms with Gasteiger partial charge in [-0.15, -0.1) is 0 Å². The van der Waals surface area contributed by atoms with Crippen molar-refractivity contribution in [3.05, 3.63) is 64.2 Å². The number of phenolic OH excluding ortho intramolecular Hbond substituents is 2. The molecule has 0 unspecified atom stereocenters. The van der Waals surface area contributed by atoms with Crippen LogP contribution in [0.2, 0.25) is 0 Å². The van der Waals surface area contributed by atoms with E-state index in [1.165, 1.54) is 11.1 Å². The molecule has 3 heteroatoms. The SMILES string of the molecule is CC(C)=CCc1c(C)cc(O)cc1/C=C/c1ccc(N)c(O)c1. The number of aryl methyl sites for hydroxylation is 1. The standard InChI is InChI=1S/C20H23NO2/c1-13(2)4-8-18-14(3)10-17(22)12-16(18)7-5-15-6-9-19(21)20(23)11-15/h4-7,9-12,22-23H,8,21H2,1-3H3/b7-5+. The van der Waals surface area contributed by atoms with Crippen molar-refractivity contribution in [1.82, 2.24) is 0 Å². The van der Waals surface area contributed by atoms with Gasteiger partial charge in [0, 0.05) is 0 Å². The molecule has 0 spiro atoms. The first-order valence-electron chi connectivity index (χ1n) is 7.59. The molecule has 0 radical (unpaired) electrons. The molecule has 3 nitrogen and oxygen atoms in total. The van der Waals surface area contributed by atoms with Gasteiger partial charge >= 0.3 is 0 Å². The number of hydrogen-bond donors (Lipinski definition) is 3. The number of anilines is 1. The highest BCUT2D eigenvalue weighted by Crippen LogP contribution is 2.26. The zero-order chi connectivity index (χ0) is 17.0. The van der Waals surface area contributed by atoms with Crippen molar-refractivity contribution in [2.24, 2.45) is 0 Å². The van der Waals surface area contributed by atoms with E-state index in [4.69, 9.17) is 5.73 Å². The molecular formula is C20H23NO2. The molecule has 0 aliphatic heterocycles. The second-order valence-corrected chi connectivity index (χ2v) is 5.97. The van der Waals surface area contributed by atoms with E-state index < -0.39 is 0 Å². The molecule has 0 heterocycles. The number of nitrogens with two attached hydrogens (primary N) is 1. The molecule has 0 amide bonds. The Morgan fingerprint density at radius 1 is 1.09 bits per heavy atom. The lowest BCUT2D eigenvalue weighted by molar-refractivity contribution is 0.474. The molecule has 2 aromatic rings. The van der Waals surface area contributed by atoms with Crippen LogP contribution in [0.1, 0.15) is 36.1 Å². The summed E-state index contributed by atoms with van der Waals surface area (Å²) >= 11 is 0. The zero-order valence-electron chi connectivity index (χ0n) is 13.8. The van der Waals surface area contributed by atoms with Gasteiger partial charge in [-0.1, -0.05) is 29.9 Å². The van der Waals surface area contributed by atoms with Gasteiger partial charge in [-0.25, -0.2) is 0 Å². The molecule has 4 N–H and O–H groups in total. The summed E-state index contributed by atoms with van der Waals surface area (Å²) in [7, 11) is 0. The van der Waals surface area contributed by atoms with E-state index in [1.54, 1.807) is 24.3 Å². The van der Waals surface area contributed by atoms with Gasteiger partial charge in [-0.2, -0.15) is 0 Å². The largest absolute Gasteiger partial charge is 0.508 e. The van der Waals surface area contributed by atoms with Gasteiger partial charge in [0.05, 0.1) is 5.69 Å². The Morgan fingerprint density at radius 3 is 2.48 bits per heavy atom. The molecule has 0 saturated heterocycles. The summed E-state index contributed by atoms with van der Waals surface area (Å²) in [4.78, 5) is 0. The number of nitrogen functional groups attached to an aromatic ring is 1. The molecule has 0 aliphatic carbocycles. The van der Waals surface area contributed by atoms with Gasteiger partial charge in [0.15, 0.2) is 0 Å². The van der Waals surface area contributed by atoms with Crippen LogP contribution in [0.5, 0.6) is 11.5 Å². The predicted octanol–water partition coefficient (Wildman–Crippen LogP) is 4.67. The molecule has 0 fully saturated rings. The molecule has 0 bridgehead atoms. The van der Waals surface area contributed by atoms with Gasteiger partial charge in [-0.05, 0) is 73.7 Å². The molecule has 23 heavy (non-hydrogen) atoms. The van der Waals surface area contributed by atoms with E-state index in [2.05, 4.69) is 19.9 Å². The van der Waals surface area contributed by atoms with Crippen LogP contribution >= 0.6 is 0 Å². The number of hydrogen-bond acceptors (Lipinski definition) is 3. The normalized spacial score (nSPS) is 10.9. The molecule has 120 valence electrons. The van der Waals surface area contributed by atoms with Crippen molar-refractivity contribution in [1.29, 1.82) is 0 Å². The molecule has 2 rings (SSSR count). The van der Waals surface area contributed by atoms with E-state index in [0.29, 0.717) is 5.69 Å². The minimum atomic E-state index is 0.0732. The quantitative estimate of drug-likeness (QED) is 0.333. The Morgan fingerprint density at radius 2 is 1.83 bits per heavy atom. The number of rotatable bonds is 4. The van der Waals surface area contributed by atoms with Crippen LogP contribution in [-0.4, -0.2) is 10.2 Å². The highest BCUT2D eigenvalue weighted by Gasteiger charge is 2.05. The number of phenols is 2. The Kier molecular flexibility index (Phi) is 5.12. The smallest absolute Gasteiger partial charge is 0.139 e. The number of allylic oxidation sites excluding steroid dienone is 2. The zero-order valence-corrected chi connectivity index (χ0v) is 13.8. The van der Waals surface area contributed by atoms with Crippen molar-refractivity contribution in [2.45, 2.75) is 27.2 Å². The Hall–Kier alpha value is -2.68.